The molecule has 0 spiro atoms. The quantitative estimate of drug-likeness (QED) is 0.927. The summed E-state index contributed by atoms with van der Waals surface area (Å²) in [6.07, 6.45) is 0.927. The number of rotatable bonds is 4. The molecule has 1 saturated carbocycles. The number of halogens is 2. The Morgan fingerprint density at radius 3 is 2.75 bits per heavy atom. The van der Waals surface area contributed by atoms with E-state index in [4.69, 9.17) is 9.84 Å². The van der Waals surface area contributed by atoms with Crippen molar-refractivity contribution < 1.29 is 19.0 Å². The molecule has 5 heteroatoms. The standard InChI is InChI=1S/C11H10BrFO3/c12-8-5-7(3-4-9(8)13)16-10(11(14)15)6-1-2-6/h3-6,10H,1-2H2,(H,14,15). The van der Waals surface area contributed by atoms with Crippen LogP contribution in [-0.2, 0) is 4.79 Å². The molecule has 3 nitrogen and oxygen atoms in total. The Kier molecular flexibility index (Phi) is 3.14. The molecule has 16 heavy (non-hydrogen) atoms. The Bertz CT molecular complexity index is 418. The minimum Gasteiger partial charge on any atom is -0.478 e. The normalized spacial score (nSPS) is 16.9. The second kappa shape index (κ2) is 4.41. The first kappa shape index (κ1) is 11.4. The van der Waals surface area contributed by atoms with Gasteiger partial charge in [-0.05, 0) is 47.0 Å². The van der Waals surface area contributed by atoms with Crippen LogP contribution < -0.4 is 4.74 Å². The van der Waals surface area contributed by atoms with Crippen molar-refractivity contribution in [1.82, 2.24) is 0 Å². The lowest BCUT2D eigenvalue weighted by Crippen LogP contribution is -2.29. The molecule has 0 heterocycles. The molecule has 86 valence electrons. The van der Waals surface area contributed by atoms with Crippen LogP contribution in [0.4, 0.5) is 4.39 Å². The summed E-state index contributed by atoms with van der Waals surface area (Å²) >= 11 is 3.02. The van der Waals surface area contributed by atoms with E-state index in [0.29, 0.717) is 5.75 Å². The van der Waals surface area contributed by atoms with E-state index in [2.05, 4.69) is 15.9 Å². The molecule has 1 aromatic rings. The lowest BCUT2D eigenvalue weighted by atomic mass is 10.2. The molecular formula is C11H10BrFO3. The Morgan fingerprint density at radius 1 is 1.56 bits per heavy atom. The average molecular weight is 289 g/mol. The van der Waals surface area contributed by atoms with Crippen LogP contribution in [0.25, 0.3) is 0 Å². The van der Waals surface area contributed by atoms with E-state index < -0.39 is 17.9 Å². The van der Waals surface area contributed by atoms with Crippen molar-refractivity contribution in [3.05, 3.63) is 28.5 Å². The predicted molar refractivity (Wildman–Crippen MR) is 58.9 cm³/mol. The summed E-state index contributed by atoms with van der Waals surface area (Å²) in [5.74, 6) is -0.914. The third-order valence-corrected chi connectivity index (χ3v) is 3.06. The van der Waals surface area contributed by atoms with Gasteiger partial charge in [-0.2, -0.15) is 0 Å². The molecule has 1 atom stereocenters. The number of carboxylic acid groups (broad SMARTS) is 1. The van der Waals surface area contributed by atoms with Crippen molar-refractivity contribution >= 4 is 21.9 Å². The monoisotopic (exact) mass is 288 g/mol. The fourth-order valence-electron chi connectivity index (χ4n) is 1.44. The number of benzene rings is 1. The van der Waals surface area contributed by atoms with E-state index in [1.807, 2.05) is 0 Å². The fraction of sp³-hybridized carbons (Fsp3) is 0.364. The molecule has 0 saturated heterocycles. The van der Waals surface area contributed by atoms with Crippen molar-refractivity contribution in [2.75, 3.05) is 0 Å². The third-order valence-electron chi connectivity index (χ3n) is 2.45. The van der Waals surface area contributed by atoms with E-state index in [-0.39, 0.29) is 10.4 Å². The van der Waals surface area contributed by atoms with E-state index >= 15 is 0 Å². The van der Waals surface area contributed by atoms with Crippen LogP contribution in [0.5, 0.6) is 5.75 Å². The van der Waals surface area contributed by atoms with Crippen LogP contribution in [0.15, 0.2) is 22.7 Å². The average Bonchev–Trinajstić information content (AvgIpc) is 3.03. The van der Waals surface area contributed by atoms with Crippen LogP contribution >= 0.6 is 15.9 Å². The maximum Gasteiger partial charge on any atom is 0.345 e. The summed E-state index contributed by atoms with van der Waals surface area (Å²) < 4.78 is 18.6. The predicted octanol–water partition coefficient (Wildman–Crippen LogP) is 2.83. The second-order valence-electron chi connectivity index (χ2n) is 3.79. The van der Waals surface area contributed by atoms with Crippen LogP contribution in [0.3, 0.4) is 0 Å². The van der Waals surface area contributed by atoms with Crippen LogP contribution in [-0.4, -0.2) is 17.2 Å². The molecule has 0 bridgehead atoms. The summed E-state index contributed by atoms with van der Waals surface area (Å²) in [6.45, 7) is 0. The first-order valence-corrected chi connectivity index (χ1v) is 5.72. The highest BCUT2D eigenvalue weighted by molar-refractivity contribution is 9.10. The van der Waals surface area contributed by atoms with Crippen molar-refractivity contribution in [3.8, 4) is 5.75 Å². The first-order valence-electron chi connectivity index (χ1n) is 4.92. The zero-order chi connectivity index (χ0) is 11.7. The van der Waals surface area contributed by atoms with E-state index in [1.54, 1.807) is 0 Å². The molecule has 1 aliphatic rings. The molecule has 0 aliphatic heterocycles. The van der Waals surface area contributed by atoms with Crippen molar-refractivity contribution in [2.45, 2.75) is 18.9 Å². The summed E-state index contributed by atoms with van der Waals surface area (Å²) in [5, 5.41) is 8.96. The Balaban J connectivity index is 2.12. The maximum absolute atomic E-state index is 12.9. The topological polar surface area (TPSA) is 46.5 Å². The molecule has 0 radical (unpaired) electrons. The van der Waals surface area contributed by atoms with Gasteiger partial charge in [-0.15, -0.1) is 0 Å². The van der Waals surface area contributed by atoms with Crippen molar-refractivity contribution in [2.24, 2.45) is 5.92 Å². The zero-order valence-electron chi connectivity index (χ0n) is 8.32. The van der Waals surface area contributed by atoms with Gasteiger partial charge in [0.2, 0.25) is 0 Å². The fourth-order valence-corrected chi connectivity index (χ4v) is 1.80. The van der Waals surface area contributed by atoms with Crippen molar-refractivity contribution in [3.63, 3.8) is 0 Å². The van der Waals surface area contributed by atoms with Gasteiger partial charge < -0.3 is 9.84 Å². The summed E-state index contributed by atoms with van der Waals surface area (Å²) in [6, 6.07) is 4.11. The SMILES string of the molecule is O=C(O)C(Oc1ccc(F)c(Br)c1)C1CC1. The van der Waals surface area contributed by atoms with Gasteiger partial charge in [0.25, 0.3) is 0 Å². The molecule has 1 fully saturated rings. The third kappa shape index (κ3) is 2.52. The molecule has 1 unspecified atom stereocenters. The van der Waals surface area contributed by atoms with Gasteiger partial charge in [0.1, 0.15) is 11.6 Å². The summed E-state index contributed by atoms with van der Waals surface area (Å²) in [7, 11) is 0. The molecular weight excluding hydrogens is 279 g/mol. The van der Waals surface area contributed by atoms with Gasteiger partial charge in [-0.3, -0.25) is 0 Å². The number of carboxylic acids is 1. The summed E-state index contributed by atoms with van der Waals surface area (Å²) in [4.78, 5) is 10.9. The minimum atomic E-state index is -0.969. The molecule has 1 N–H and O–H groups in total. The van der Waals surface area contributed by atoms with Gasteiger partial charge in [0.15, 0.2) is 6.10 Å². The Hall–Kier alpha value is -1.10. The summed E-state index contributed by atoms with van der Waals surface area (Å²) in [5.41, 5.74) is 0. The van der Waals surface area contributed by atoms with E-state index in [9.17, 15) is 9.18 Å². The van der Waals surface area contributed by atoms with Gasteiger partial charge >= 0.3 is 5.97 Å². The number of hydrogen-bond donors (Lipinski definition) is 1. The smallest absolute Gasteiger partial charge is 0.345 e. The molecule has 1 aromatic carbocycles. The number of carbonyl (C=O) groups is 1. The highest BCUT2D eigenvalue weighted by Crippen LogP contribution is 2.35. The van der Waals surface area contributed by atoms with E-state index in [1.165, 1.54) is 18.2 Å². The highest BCUT2D eigenvalue weighted by atomic mass is 79.9. The Morgan fingerprint density at radius 2 is 2.25 bits per heavy atom. The largest absolute Gasteiger partial charge is 0.478 e. The maximum atomic E-state index is 12.9. The first-order chi connectivity index (χ1) is 7.58. The Labute approximate surface area is 100 Å². The van der Waals surface area contributed by atoms with Crippen LogP contribution in [0.1, 0.15) is 12.8 Å². The zero-order valence-corrected chi connectivity index (χ0v) is 9.91. The van der Waals surface area contributed by atoms with Crippen LogP contribution in [0, 0.1) is 11.7 Å². The minimum absolute atomic E-state index is 0.0846. The highest BCUT2D eigenvalue weighted by Gasteiger charge is 2.38. The van der Waals surface area contributed by atoms with Gasteiger partial charge in [0, 0.05) is 5.92 Å². The van der Waals surface area contributed by atoms with Gasteiger partial charge in [0.05, 0.1) is 4.47 Å². The molecule has 1 aliphatic carbocycles. The molecule has 2 rings (SSSR count). The second-order valence-corrected chi connectivity index (χ2v) is 4.64. The van der Waals surface area contributed by atoms with E-state index in [0.717, 1.165) is 12.8 Å². The molecule has 0 amide bonds. The number of aliphatic carboxylic acids is 1. The van der Waals surface area contributed by atoms with Crippen molar-refractivity contribution in [1.29, 1.82) is 0 Å². The van der Waals surface area contributed by atoms with Gasteiger partial charge in [-0.1, -0.05) is 0 Å². The number of ether oxygens (including phenoxy) is 1. The van der Waals surface area contributed by atoms with Crippen LogP contribution in [0.2, 0.25) is 0 Å². The van der Waals surface area contributed by atoms with Gasteiger partial charge in [-0.25, -0.2) is 9.18 Å². The number of hydrogen-bond acceptors (Lipinski definition) is 2. The molecule has 0 aromatic heterocycles. The lowest BCUT2D eigenvalue weighted by molar-refractivity contribution is -0.146. The lowest BCUT2D eigenvalue weighted by Gasteiger charge is -2.14.